The Labute approximate surface area is 127 Å². The van der Waals surface area contributed by atoms with Crippen molar-refractivity contribution >= 4 is 21.8 Å². The highest BCUT2D eigenvalue weighted by atomic mass is 32.2. The second kappa shape index (κ2) is 6.13. The Kier molecular flexibility index (Phi) is 4.24. The number of nitrogens with zero attached hydrogens (tertiary/aromatic N) is 2. The third-order valence-corrected chi connectivity index (χ3v) is 5.54. The highest BCUT2D eigenvalue weighted by Crippen LogP contribution is 2.32. The van der Waals surface area contributed by atoms with Crippen molar-refractivity contribution in [1.82, 2.24) is 9.21 Å². The van der Waals surface area contributed by atoms with Crippen LogP contribution < -0.4 is 4.74 Å². The predicted molar refractivity (Wildman–Crippen MR) is 86.0 cm³/mol. The lowest BCUT2D eigenvalue weighted by Gasteiger charge is -2.31. The average molecular weight is 304 g/mol. The topological polar surface area (TPSA) is 32.8 Å². The van der Waals surface area contributed by atoms with Crippen LogP contribution in [0.15, 0.2) is 41.3 Å². The van der Waals surface area contributed by atoms with Crippen LogP contribution in [0.3, 0.4) is 0 Å². The molecule has 3 rings (SSSR count). The summed E-state index contributed by atoms with van der Waals surface area (Å²) in [7, 11) is 2.54. The van der Waals surface area contributed by atoms with E-state index in [-0.39, 0.29) is 0 Å². The molecule has 21 heavy (non-hydrogen) atoms. The van der Waals surface area contributed by atoms with Gasteiger partial charge in [0.2, 0.25) is 0 Å². The summed E-state index contributed by atoms with van der Waals surface area (Å²) in [6, 6.07) is 12.0. The number of fused-ring (bicyclic) bond motifs is 1. The van der Waals surface area contributed by atoms with Crippen molar-refractivity contribution in [3.8, 4) is 5.75 Å². The molecule has 112 valence electrons. The third kappa shape index (κ3) is 2.81. The summed E-state index contributed by atoms with van der Waals surface area (Å²) < 4.78 is 20.5. The van der Waals surface area contributed by atoms with E-state index >= 15 is 0 Å². The Morgan fingerprint density at radius 2 is 1.76 bits per heavy atom. The van der Waals surface area contributed by atoms with Gasteiger partial charge in [-0.25, -0.2) is 8.51 Å². The minimum absolute atomic E-state index is 0.700. The van der Waals surface area contributed by atoms with Crippen molar-refractivity contribution in [1.29, 1.82) is 0 Å². The number of rotatable bonds is 3. The number of piperazine rings is 1. The van der Waals surface area contributed by atoms with Crippen LogP contribution in [-0.2, 0) is 11.0 Å². The van der Waals surface area contributed by atoms with Crippen LogP contribution in [0.25, 0.3) is 10.8 Å². The van der Waals surface area contributed by atoms with Crippen molar-refractivity contribution in [2.75, 3.05) is 40.3 Å². The number of hydrogen-bond acceptors (Lipinski definition) is 3. The first-order chi connectivity index (χ1) is 10.2. The number of methoxy groups -OCH3 is 1. The van der Waals surface area contributed by atoms with Crippen LogP contribution in [0.4, 0.5) is 0 Å². The van der Waals surface area contributed by atoms with Crippen molar-refractivity contribution in [2.24, 2.45) is 0 Å². The number of hydrogen-bond donors (Lipinski definition) is 0. The molecular formula is C16H20N2O2S. The van der Waals surface area contributed by atoms with Gasteiger partial charge in [-0.05, 0) is 18.5 Å². The lowest BCUT2D eigenvalue weighted by molar-refractivity contribution is 0.228. The van der Waals surface area contributed by atoms with E-state index in [1.807, 2.05) is 40.7 Å². The summed E-state index contributed by atoms with van der Waals surface area (Å²) >= 11 is 0. The molecule has 1 fully saturated rings. The predicted octanol–water partition coefficient (Wildman–Crippen LogP) is 2.12. The van der Waals surface area contributed by atoms with Gasteiger partial charge in [0, 0.05) is 31.6 Å². The Morgan fingerprint density at radius 1 is 1.05 bits per heavy atom. The first-order valence-corrected chi connectivity index (χ1v) is 8.22. The van der Waals surface area contributed by atoms with E-state index in [4.69, 9.17) is 4.74 Å². The smallest absolute Gasteiger partial charge is 0.137 e. The zero-order chi connectivity index (χ0) is 14.8. The quantitative estimate of drug-likeness (QED) is 0.871. The molecule has 0 saturated carbocycles. The Hall–Kier alpha value is -1.43. The molecule has 1 atom stereocenters. The van der Waals surface area contributed by atoms with Gasteiger partial charge in [-0.1, -0.05) is 30.3 Å². The molecule has 4 nitrogen and oxygen atoms in total. The van der Waals surface area contributed by atoms with E-state index in [0.29, 0.717) is 5.75 Å². The summed E-state index contributed by atoms with van der Waals surface area (Å²) in [6.45, 7) is 3.52. The highest BCUT2D eigenvalue weighted by Gasteiger charge is 2.24. The number of likely N-dealkylation sites (N-methyl/N-ethyl adjacent to an activating group) is 1. The molecule has 0 amide bonds. The van der Waals surface area contributed by atoms with Gasteiger partial charge in [0.15, 0.2) is 0 Å². The molecule has 1 aliphatic rings. The van der Waals surface area contributed by atoms with E-state index < -0.39 is 11.0 Å². The third-order valence-electron chi connectivity index (χ3n) is 3.93. The van der Waals surface area contributed by atoms with Gasteiger partial charge < -0.3 is 9.64 Å². The maximum atomic E-state index is 13.0. The molecule has 0 radical (unpaired) electrons. The van der Waals surface area contributed by atoms with Crippen LogP contribution >= 0.6 is 0 Å². The van der Waals surface area contributed by atoms with E-state index in [1.54, 1.807) is 7.11 Å². The molecule has 1 aliphatic heterocycles. The first kappa shape index (κ1) is 14.5. The molecule has 0 bridgehead atoms. The molecule has 1 heterocycles. The van der Waals surface area contributed by atoms with Crippen LogP contribution in [-0.4, -0.2) is 53.8 Å². The van der Waals surface area contributed by atoms with Crippen LogP contribution in [0, 0.1) is 0 Å². The SMILES string of the molecule is COc1ccc2ccccc2c1[S@@](=O)N1CCN(C)CC1. The summed E-state index contributed by atoms with van der Waals surface area (Å²) in [5.74, 6) is 0.700. The Balaban J connectivity index is 2.03. The van der Waals surface area contributed by atoms with Gasteiger partial charge in [-0.3, -0.25) is 0 Å². The molecule has 0 unspecified atom stereocenters. The minimum Gasteiger partial charge on any atom is -0.495 e. The number of ether oxygens (including phenoxy) is 1. The van der Waals surface area contributed by atoms with Gasteiger partial charge in [0.25, 0.3) is 0 Å². The van der Waals surface area contributed by atoms with Gasteiger partial charge in [0.1, 0.15) is 21.6 Å². The summed E-state index contributed by atoms with van der Waals surface area (Å²) in [4.78, 5) is 3.05. The average Bonchev–Trinajstić information content (AvgIpc) is 2.53. The van der Waals surface area contributed by atoms with E-state index in [1.165, 1.54) is 0 Å². The molecule has 2 aromatic rings. The van der Waals surface area contributed by atoms with Gasteiger partial charge in [-0.15, -0.1) is 0 Å². The number of benzene rings is 2. The van der Waals surface area contributed by atoms with E-state index in [0.717, 1.165) is 41.8 Å². The van der Waals surface area contributed by atoms with Gasteiger partial charge >= 0.3 is 0 Å². The largest absolute Gasteiger partial charge is 0.495 e. The van der Waals surface area contributed by atoms with Crippen molar-refractivity contribution in [2.45, 2.75) is 4.90 Å². The normalized spacial score (nSPS) is 18.8. The van der Waals surface area contributed by atoms with E-state index in [9.17, 15) is 4.21 Å². The Morgan fingerprint density at radius 3 is 2.48 bits per heavy atom. The highest BCUT2D eigenvalue weighted by molar-refractivity contribution is 7.83. The second-order valence-electron chi connectivity index (χ2n) is 5.30. The molecule has 5 heteroatoms. The van der Waals surface area contributed by atoms with Crippen LogP contribution in [0.2, 0.25) is 0 Å². The maximum Gasteiger partial charge on any atom is 0.137 e. The summed E-state index contributed by atoms with van der Waals surface area (Å²) in [5, 5.41) is 2.10. The lowest BCUT2D eigenvalue weighted by atomic mass is 10.1. The fraction of sp³-hybridized carbons (Fsp3) is 0.375. The molecule has 0 spiro atoms. The molecule has 1 saturated heterocycles. The van der Waals surface area contributed by atoms with Gasteiger partial charge in [0.05, 0.1) is 7.11 Å². The molecule has 0 aliphatic carbocycles. The minimum atomic E-state index is -1.19. The van der Waals surface area contributed by atoms with Crippen LogP contribution in [0.5, 0.6) is 5.75 Å². The molecule has 0 N–H and O–H groups in total. The van der Waals surface area contributed by atoms with E-state index in [2.05, 4.69) is 11.9 Å². The Bertz CT molecular complexity index is 666. The zero-order valence-electron chi connectivity index (χ0n) is 12.4. The summed E-state index contributed by atoms with van der Waals surface area (Å²) in [5.41, 5.74) is 0. The van der Waals surface area contributed by atoms with Crippen molar-refractivity contribution in [3.05, 3.63) is 36.4 Å². The lowest BCUT2D eigenvalue weighted by Crippen LogP contribution is -2.45. The van der Waals surface area contributed by atoms with Gasteiger partial charge in [-0.2, -0.15) is 0 Å². The van der Waals surface area contributed by atoms with Crippen molar-refractivity contribution < 1.29 is 8.95 Å². The fourth-order valence-corrected chi connectivity index (χ4v) is 4.10. The monoisotopic (exact) mass is 304 g/mol. The first-order valence-electron chi connectivity index (χ1n) is 7.12. The maximum absolute atomic E-state index is 13.0. The molecule has 2 aromatic carbocycles. The van der Waals surface area contributed by atoms with Crippen LogP contribution in [0.1, 0.15) is 0 Å². The zero-order valence-corrected chi connectivity index (χ0v) is 13.2. The molecule has 0 aromatic heterocycles. The second-order valence-corrected chi connectivity index (χ2v) is 6.72. The fourth-order valence-electron chi connectivity index (χ4n) is 2.65. The standard InChI is InChI=1S/C16H20N2O2S/c1-17-9-11-18(12-10-17)21(19)16-14-6-4-3-5-13(14)7-8-15(16)20-2/h3-8H,9-12H2,1-2H3/t21-/m1/s1. The van der Waals surface area contributed by atoms with Crippen molar-refractivity contribution in [3.63, 3.8) is 0 Å². The summed E-state index contributed by atoms with van der Waals surface area (Å²) in [6.07, 6.45) is 0. The molecular weight excluding hydrogens is 284 g/mol.